The van der Waals surface area contributed by atoms with E-state index in [1.807, 2.05) is 13.8 Å². The molecule has 0 heterocycles. The summed E-state index contributed by atoms with van der Waals surface area (Å²) in [5, 5.41) is 20.0. The van der Waals surface area contributed by atoms with Crippen molar-refractivity contribution >= 4 is 5.69 Å². The number of nitrogens with two attached hydrogens (primary N) is 1. The summed E-state index contributed by atoms with van der Waals surface area (Å²) in [5.41, 5.74) is 5.34. The Morgan fingerprint density at radius 1 is 1.50 bits per heavy atom. The van der Waals surface area contributed by atoms with Gasteiger partial charge in [-0.25, -0.2) is 4.39 Å². The lowest BCUT2D eigenvalue weighted by molar-refractivity contribution is -0.385. The summed E-state index contributed by atoms with van der Waals surface area (Å²) in [4.78, 5) is 9.85. The molecule has 3 N–H and O–H groups in total. The van der Waals surface area contributed by atoms with Crippen LogP contribution in [0, 0.1) is 21.8 Å². The van der Waals surface area contributed by atoms with E-state index in [2.05, 4.69) is 0 Å². The van der Waals surface area contributed by atoms with Crippen LogP contribution in [0.3, 0.4) is 0 Å². The molecule has 0 amide bonds. The number of benzene rings is 1. The second kappa shape index (κ2) is 5.88. The Labute approximate surface area is 105 Å². The number of hydrogen-bond donors (Lipinski definition) is 2. The van der Waals surface area contributed by atoms with Gasteiger partial charge >= 0.3 is 0 Å². The first kappa shape index (κ1) is 14.5. The molecule has 2 unspecified atom stereocenters. The number of nitro groups is 1. The molecule has 0 aliphatic carbocycles. The van der Waals surface area contributed by atoms with Gasteiger partial charge in [-0.1, -0.05) is 13.8 Å². The summed E-state index contributed by atoms with van der Waals surface area (Å²) in [6.45, 7) is 3.86. The molecule has 0 radical (unpaired) electrons. The first-order chi connectivity index (χ1) is 8.32. The minimum absolute atomic E-state index is 0.212. The summed E-state index contributed by atoms with van der Waals surface area (Å²) in [6, 6.07) is 3.38. The molecule has 100 valence electrons. The van der Waals surface area contributed by atoms with Gasteiger partial charge in [0.05, 0.1) is 11.0 Å². The van der Waals surface area contributed by atoms with Gasteiger partial charge in [0, 0.05) is 12.0 Å². The summed E-state index contributed by atoms with van der Waals surface area (Å²) in [5.74, 6) is -1.05. The van der Waals surface area contributed by atoms with Crippen molar-refractivity contribution in [2.45, 2.75) is 32.4 Å². The van der Waals surface area contributed by atoms with Crippen LogP contribution in [0.5, 0.6) is 0 Å². The van der Waals surface area contributed by atoms with Gasteiger partial charge < -0.3 is 10.8 Å². The van der Waals surface area contributed by atoms with Gasteiger partial charge in [0.25, 0.3) is 5.69 Å². The third-order valence-electron chi connectivity index (χ3n) is 2.73. The second-order valence-electron chi connectivity index (χ2n) is 4.69. The van der Waals surface area contributed by atoms with Crippen molar-refractivity contribution in [1.82, 2.24) is 0 Å². The maximum atomic E-state index is 13.8. The van der Waals surface area contributed by atoms with E-state index in [0.29, 0.717) is 6.42 Å². The van der Waals surface area contributed by atoms with E-state index in [0.717, 1.165) is 6.07 Å². The monoisotopic (exact) mass is 256 g/mol. The Balaban J connectivity index is 3.09. The fourth-order valence-corrected chi connectivity index (χ4v) is 1.89. The van der Waals surface area contributed by atoms with Gasteiger partial charge in [-0.3, -0.25) is 10.1 Å². The average Bonchev–Trinajstić information content (AvgIpc) is 2.25. The molecule has 1 aromatic rings. The largest absolute Gasteiger partial charge is 0.378 e. The van der Waals surface area contributed by atoms with Crippen molar-refractivity contribution in [1.29, 1.82) is 0 Å². The Morgan fingerprint density at radius 3 is 2.50 bits per heavy atom. The van der Waals surface area contributed by atoms with E-state index in [1.54, 1.807) is 0 Å². The highest BCUT2D eigenvalue weighted by molar-refractivity contribution is 5.36. The maximum absolute atomic E-state index is 13.8. The van der Waals surface area contributed by atoms with Crippen molar-refractivity contribution in [2.24, 2.45) is 11.7 Å². The standard InChI is InChI=1S/C12H17FN2O3/c1-7(2)5-10(12(14)16)9-4-3-8(15(17)18)6-11(9)13/h3-4,6-7,10,12,16H,5,14H2,1-2H3. The molecule has 2 atom stereocenters. The summed E-state index contributed by atoms with van der Waals surface area (Å²) in [7, 11) is 0. The molecular weight excluding hydrogens is 239 g/mol. The first-order valence-corrected chi connectivity index (χ1v) is 5.70. The molecule has 0 bridgehead atoms. The van der Waals surface area contributed by atoms with Crippen molar-refractivity contribution in [3.63, 3.8) is 0 Å². The van der Waals surface area contributed by atoms with Crippen LogP contribution in [0.1, 0.15) is 31.7 Å². The third kappa shape index (κ3) is 3.48. The number of aliphatic hydroxyl groups excluding tert-OH is 1. The molecule has 0 aliphatic rings. The lowest BCUT2D eigenvalue weighted by Gasteiger charge is -2.22. The Hall–Kier alpha value is -1.53. The number of halogens is 1. The van der Waals surface area contributed by atoms with Crippen LogP contribution in [0.15, 0.2) is 18.2 Å². The number of nitro benzene ring substituents is 1. The van der Waals surface area contributed by atoms with Crippen LogP contribution in [0.2, 0.25) is 0 Å². The highest BCUT2D eigenvalue weighted by Crippen LogP contribution is 2.29. The molecular formula is C12H17FN2O3. The van der Waals surface area contributed by atoms with Crippen LogP contribution in [-0.4, -0.2) is 16.3 Å². The van der Waals surface area contributed by atoms with Gasteiger partial charge in [-0.05, 0) is 24.0 Å². The number of aliphatic hydroxyl groups is 1. The van der Waals surface area contributed by atoms with Crippen LogP contribution in [-0.2, 0) is 0 Å². The van der Waals surface area contributed by atoms with Gasteiger partial charge in [-0.15, -0.1) is 0 Å². The minimum Gasteiger partial charge on any atom is -0.378 e. The number of nitrogens with zero attached hydrogens (tertiary/aromatic N) is 1. The molecule has 0 aliphatic heterocycles. The van der Waals surface area contributed by atoms with Crippen LogP contribution >= 0.6 is 0 Å². The van der Waals surface area contributed by atoms with Crippen molar-refractivity contribution in [3.8, 4) is 0 Å². The molecule has 5 nitrogen and oxygen atoms in total. The van der Waals surface area contributed by atoms with Gasteiger partial charge in [0.2, 0.25) is 0 Å². The number of non-ortho nitro benzene ring substituents is 1. The lowest BCUT2D eigenvalue weighted by atomic mass is 9.88. The normalized spacial score (nSPS) is 14.6. The maximum Gasteiger partial charge on any atom is 0.272 e. The van der Waals surface area contributed by atoms with Gasteiger partial charge in [0.1, 0.15) is 12.0 Å². The number of rotatable bonds is 5. The van der Waals surface area contributed by atoms with E-state index in [9.17, 15) is 19.6 Å². The summed E-state index contributed by atoms with van der Waals surface area (Å²) < 4.78 is 13.8. The molecule has 0 saturated carbocycles. The predicted octanol–water partition coefficient (Wildman–Crippen LogP) is 2.14. The van der Waals surface area contributed by atoms with E-state index in [-0.39, 0.29) is 17.2 Å². The Kier molecular flexibility index (Phi) is 4.75. The fraction of sp³-hybridized carbons (Fsp3) is 0.500. The van der Waals surface area contributed by atoms with Crippen molar-refractivity contribution < 1.29 is 14.4 Å². The highest BCUT2D eigenvalue weighted by Gasteiger charge is 2.23. The van der Waals surface area contributed by atoms with E-state index in [4.69, 9.17) is 5.73 Å². The van der Waals surface area contributed by atoms with Crippen molar-refractivity contribution in [3.05, 3.63) is 39.7 Å². The molecule has 18 heavy (non-hydrogen) atoms. The summed E-state index contributed by atoms with van der Waals surface area (Å²) in [6.07, 6.45) is -0.685. The highest BCUT2D eigenvalue weighted by atomic mass is 19.1. The zero-order valence-corrected chi connectivity index (χ0v) is 10.3. The second-order valence-corrected chi connectivity index (χ2v) is 4.69. The summed E-state index contributed by atoms with van der Waals surface area (Å²) >= 11 is 0. The quantitative estimate of drug-likeness (QED) is 0.480. The predicted molar refractivity (Wildman–Crippen MR) is 65.4 cm³/mol. The Morgan fingerprint density at radius 2 is 2.11 bits per heavy atom. The van der Waals surface area contributed by atoms with Crippen LogP contribution < -0.4 is 5.73 Å². The average molecular weight is 256 g/mol. The van der Waals surface area contributed by atoms with E-state index < -0.39 is 22.9 Å². The smallest absolute Gasteiger partial charge is 0.272 e. The van der Waals surface area contributed by atoms with Gasteiger partial charge in [0.15, 0.2) is 0 Å². The minimum atomic E-state index is -1.19. The van der Waals surface area contributed by atoms with E-state index in [1.165, 1.54) is 12.1 Å². The number of hydrogen-bond acceptors (Lipinski definition) is 4. The van der Waals surface area contributed by atoms with Crippen LogP contribution in [0.25, 0.3) is 0 Å². The lowest BCUT2D eigenvalue weighted by Crippen LogP contribution is -2.29. The Bertz CT molecular complexity index is 435. The SMILES string of the molecule is CC(C)CC(c1ccc([N+](=O)[O-])cc1F)C(N)O. The molecule has 0 spiro atoms. The molecule has 0 saturated heterocycles. The zero-order chi connectivity index (χ0) is 13.9. The van der Waals surface area contributed by atoms with Crippen molar-refractivity contribution in [2.75, 3.05) is 0 Å². The topological polar surface area (TPSA) is 89.4 Å². The third-order valence-corrected chi connectivity index (χ3v) is 2.73. The molecule has 1 rings (SSSR count). The molecule has 6 heteroatoms. The van der Waals surface area contributed by atoms with E-state index >= 15 is 0 Å². The van der Waals surface area contributed by atoms with Crippen LogP contribution in [0.4, 0.5) is 10.1 Å². The molecule has 1 aromatic carbocycles. The first-order valence-electron chi connectivity index (χ1n) is 5.70. The molecule has 0 aromatic heterocycles. The zero-order valence-electron chi connectivity index (χ0n) is 10.3. The van der Waals surface area contributed by atoms with Gasteiger partial charge in [-0.2, -0.15) is 0 Å². The molecule has 0 fully saturated rings. The fourth-order valence-electron chi connectivity index (χ4n) is 1.89.